The van der Waals surface area contributed by atoms with E-state index in [1.54, 1.807) is 0 Å². The Hall–Kier alpha value is -0.140. The van der Waals surface area contributed by atoms with E-state index in [4.69, 9.17) is 4.74 Å². The molecule has 1 N–H and O–H groups in total. The van der Waals surface area contributed by atoms with E-state index >= 15 is 0 Å². The zero-order chi connectivity index (χ0) is 17.2. The molecule has 0 saturated heterocycles. The topological polar surface area (TPSA) is 47.3 Å². The van der Waals surface area contributed by atoms with E-state index in [-0.39, 0.29) is 17.6 Å². The predicted molar refractivity (Wildman–Crippen MR) is 102 cm³/mol. The van der Waals surface area contributed by atoms with E-state index in [2.05, 4.69) is 53.1 Å². The van der Waals surface area contributed by atoms with Gasteiger partial charge in [0.1, 0.15) is 0 Å². The molecule has 2 atom stereocenters. The maximum absolute atomic E-state index is 9.29. The molecule has 0 aromatic carbocycles. The standard InChI is InChI=1S/C19H29IN2O2/c1-14-15(20)6-21-22(14)13-18-8-16(2)7-17(3,9-18)11-19(10-16,12-18)24-5-4-23/h6,23H,4-5,7-13H2,1-3H3. The van der Waals surface area contributed by atoms with Crippen LogP contribution >= 0.6 is 22.6 Å². The highest BCUT2D eigenvalue weighted by Crippen LogP contribution is 2.72. The molecule has 1 heterocycles. The quantitative estimate of drug-likeness (QED) is 0.701. The Morgan fingerprint density at radius 3 is 2.38 bits per heavy atom. The van der Waals surface area contributed by atoms with Gasteiger partial charge in [0.15, 0.2) is 0 Å². The van der Waals surface area contributed by atoms with Gasteiger partial charge in [-0.15, -0.1) is 0 Å². The molecule has 1 aromatic heterocycles. The van der Waals surface area contributed by atoms with E-state index in [0.717, 1.165) is 25.8 Å². The lowest BCUT2D eigenvalue weighted by Gasteiger charge is -2.69. The van der Waals surface area contributed by atoms with Gasteiger partial charge in [-0.25, -0.2) is 0 Å². The SMILES string of the molecule is Cc1c(I)cnn1CC12CC3(C)CC(C)(C1)CC(OCCO)(C3)C2. The summed E-state index contributed by atoms with van der Waals surface area (Å²) in [6, 6.07) is 0. The van der Waals surface area contributed by atoms with Gasteiger partial charge in [-0.3, -0.25) is 4.68 Å². The third-order valence-corrected chi connectivity index (χ3v) is 7.74. The maximum atomic E-state index is 9.29. The summed E-state index contributed by atoms with van der Waals surface area (Å²) < 4.78 is 9.81. The first kappa shape index (κ1) is 17.3. The van der Waals surface area contributed by atoms with Crippen LogP contribution < -0.4 is 0 Å². The number of hydrogen-bond acceptors (Lipinski definition) is 3. The summed E-state index contributed by atoms with van der Waals surface area (Å²) in [5.74, 6) is 0. The van der Waals surface area contributed by atoms with Crippen molar-refractivity contribution in [3.63, 3.8) is 0 Å². The van der Waals surface area contributed by atoms with Crippen LogP contribution in [0.15, 0.2) is 6.20 Å². The highest BCUT2D eigenvalue weighted by molar-refractivity contribution is 14.1. The minimum absolute atomic E-state index is 0.0325. The smallest absolute Gasteiger partial charge is 0.0705 e. The van der Waals surface area contributed by atoms with Crippen molar-refractivity contribution in [2.45, 2.75) is 71.4 Å². The largest absolute Gasteiger partial charge is 0.394 e. The van der Waals surface area contributed by atoms with Crippen LogP contribution in [0, 0.1) is 26.7 Å². The van der Waals surface area contributed by atoms with Crippen molar-refractivity contribution in [2.24, 2.45) is 16.2 Å². The van der Waals surface area contributed by atoms with Crippen LogP contribution in [0.25, 0.3) is 0 Å². The summed E-state index contributed by atoms with van der Waals surface area (Å²) in [6.45, 7) is 8.72. The van der Waals surface area contributed by atoms with Gasteiger partial charge < -0.3 is 9.84 Å². The monoisotopic (exact) mass is 444 g/mol. The third-order valence-electron chi connectivity index (χ3n) is 6.68. The number of aliphatic hydroxyl groups is 1. The molecule has 0 amide bonds. The molecule has 4 aliphatic rings. The number of rotatable bonds is 5. The van der Waals surface area contributed by atoms with Gasteiger partial charge >= 0.3 is 0 Å². The van der Waals surface area contributed by atoms with Crippen LogP contribution in [0.1, 0.15) is 58.1 Å². The summed E-state index contributed by atoms with van der Waals surface area (Å²) in [5, 5.41) is 13.9. The van der Waals surface area contributed by atoms with Crippen LogP contribution in [0.4, 0.5) is 0 Å². The van der Waals surface area contributed by atoms with Crippen molar-refractivity contribution in [2.75, 3.05) is 13.2 Å². The summed E-state index contributed by atoms with van der Waals surface area (Å²) in [6.07, 6.45) is 9.33. The van der Waals surface area contributed by atoms with Crippen molar-refractivity contribution in [3.05, 3.63) is 15.5 Å². The fourth-order valence-electron chi connectivity index (χ4n) is 7.31. The minimum Gasteiger partial charge on any atom is -0.394 e. The lowest BCUT2D eigenvalue weighted by atomic mass is 9.39. The molecular weight excluding hydrogens is 415 g/mol. The number of hydrogen-bond donors (Lipinski definition) is 1. The van der Waals surface area contributed by atoms with Gasteiger partial charge in [-0.05, 0) is 84.3 Å². The Bertz CT molecular complexity index is 638. The second-order valence-corrected chi connectivity index (χ2v) is 10.8. The molecule has 4 fully saturated rings. The molecule has 4 nitrogen and oxygen atoms in total. The number of aliphatic hydroxyl groups excluding tert-OH is 1. The lowest BCUT2D eigenvalue weighted by Crippen LogP contribution is -2.64. The van der Waals surface area contributed by atoms with Gasteiger partial charge in [-0.1, -0.05) is 13.8 Å². The van der Waals surface area contributed by atoms with E-state index < -0.39 is 0 Å². The van der Waals surface area contributed by atoms with Crippen LogP contribution in [0.2, 0.25) is 0 Å². The van der Waals surface area contributed by atoms with Crippen molar-refractivity contribution >= 4 is 22.6 Å². The molecule has 24 heavy (non-hydrogen) atoms. The molecule has 0 radical (unpaired) electrons. The van der Waals surface area contributed by atoms with Crippen LogP contribution in [-0.4, -0.2) is 33.7 Å². The highest BCUT2D eigenvalue weighted by Gasteiger charge is 2.66. The Balaban J connectivity index is 1.69. The van der Waals surface area contributed by atoms with Gasteiger partial charge in [-0.2, -0.15) is 5.10 Å². The number of halogens is 1. The highest BCUT2D eigenvalue weighted by atomic mass is 127. The molecule has 0 aliphatic heterocycles. The minimum atomic E-state index is -0.0325. The molecule has 5 rings (SSSR count). The number of aromatic nitrogens is 2. The van der Waals surface area contributed by atoms with Gasteiger partial charge in [0.25, 0.3) is 0 Å². The molecule has 4 bridgehead atoms. The van der Waals surface area contributed by atoms with Crippen molar-refractivity contribution in [3.8, 4) is 0 Å². The Morgan fingerprint density at radius 1 is 1.17 bits per heavy atom. The first-order chi connectivity index (χ1) is 11.2. The Labute approximate surface area is 158 Å². The normalized spacial score (nSPS) is 43.5. The molecule has 5 heteroatoms. The molecule has 2 unspecified atom stereocenters. The fraction of sp³-hybridized carbons (Fsp3) is 0.842. The molecule has 1 aromatic rings. The van der Waals surface area contributed by atoms with Crippen LogP contribution in [0.3, 0.4) is 0 Å². The maximum Gasteiger partial charge on any atom is 0.0705 e. The molecule has 4 aliphatic carbocycles. The average Bonchev–Trinajstić information content (AvgIpc) is 2.73. The summed E-state index contributed by atoms with van der Waals surface area (Å²) in [4.78, 5) is 0. The second-order valence-electron chi connectivity index (χ2n) is 9.67. The summed E-state index contributed by atoms with van der Waals surface area (Å²) >= 11 is 2.38. The first-order valence-electron chi connectivity index (χ1n) is 9.13. The molecular formula is C19H29IN2O2. The third kappa shape index (κ3) is 2.75. The summed E-state index contributed by atoms with van der Waals surface area (Å²) in [5.41, 5.74) is 2.27. The lowest BCUT2D eigenvalue weighted by molar-refractivity contribution is -0.250. The van der Waals surface area contributed by atoms with Gasteiger partial charge in [0.05, 0.1) is 28.6 Å². The van der Waals surface area contributed by atoms with Crippen LogP contribution in [0.5, 0.6) is 0 Å². The van der Waals surface area contributed by atoms with Gasteiger partial charge in [0.2, 0.25) is 0 Å². The zero-order valence-corrected chi connectivity index (χ0v) is 17.2. The summed E-state index contributed by atoms with van der Waals surface area (Å²) in [7, 11) is 0. The van der Waals surface area contributed by atoms with Crippen LogP contribution in [-0.2, 0) is 11.3 Å². The number of ether oxygens (including phenoxy) is 1. The van der Waals surface area contributed by atoms with E-state index in [1.165, 1.54) is 28.5 Å². The average molecular weight is 444 g/mol. The van der Waals surface area contributed by atoms with Crippen molar-refractivity contribution in [1.29, 1.82) is 0 Å². The van der Waals surface area contributed by atoms with Crippen molar-refractivity contribution in [1.82, 2.24) is 9.78 Å². The Kier molecular flexibility index (Phi) is 3.91. The second kappa shape index (κ2) is 5.43. The Morgan fingerprint density at radius 2 is 1.83 bits per heavy atom. The zero-order valence-electron chi connectivity index (χ0n) is 15.1. The van der Waals surface area contributed by atoms with E-state index in [9.17, 15) is 5.11 Å². The van der Waals surface area contributed by atoms with E-state index in [1.807, 2.05) is 6.20 Å². The predicted octanol–water partition coefficient (Wildman–Crippen LogP) is 3.92. The van der Waals surface area contributed by atoms with E-state index in [0.29, 0.717) is 17.4 Å². The first-order valence-corrected chi connectivity index (χ1v) is 10.2. The molecule has 4 saturated carbocycles. The fourth-order valence-corrected chi connectivity index (χ4v) is 7.72. The molecule has 0 spiro atoms. The molecule has 134 valence electrons. The number of nitrogens with zero attached hydrogens (tertiary/aromatic N) is 2. The van der Waals surface area contributed by atoms with Gasteiger partial charge in [0, 0.05) is 12.2 Å². The van der Waals surface area contributed by atoms with Crippen molar-refractivity contribution < 1.29 is 9.84 Å².